The lowest BCUT2D eigenvalue weighted by atomic mass is 10.0. The average molecular weight is 450 g/mol. The van der Waals surface area contributed by atoms with Crippen LogP contribution in [0.25, 0.3) is 16.9 Å². The fraction of sp³-hybridized carbons (Fsp3) is 0.211. The average Bonchev–Trinajstić information content (AvgIpc) is 2.77. The molecule has 0 saturated heterocycles. The zero-order chi connectivity index (χ0) is 16.5. The normalized spacial score (nSPS) is 13.9. The molecule has 3 aromatic rings. The first-order chi connectivity index (χ1) is 11.7. The van der Waals surface area contributed by atoms with Gasteiger partial charge in [0.1, 0.15) is 5.82 Å². The maximum Gasteiger partial charge on any atom is 0.133 e. The molecule has 24 heavy (non-hydrogen) atoms. The van der Waals surface area contributed by atoms with Crippen LogP contribution in [0, 0.1) is 3.57 Å². The number of hydrogen-bond donors (Lipinski definition) is 1. The van der Waals surface area contributed by atoms with E-state index in [0.29, 0.717) is 0 Å². The van der Waals surface area contributed by atoms with Crippen molar-refractivity contribution in [3.63, 3.8) is 0 Å². The highest BCUT2D eigenvalue weighted by atomic mass is 127. The predicted octanol–water partition coefficient (Wildman–Crippen LogP) is 5.55. The van der Waals surface area contributed by atoms with Gasteiger partial charge < -0.3 is 5.32 Å². The summed E-state index contributed by atoms with van der Waals surface area (Å²) in [6.45, 7) is 0.977. The predicted molar refractivity (Wildman–Crippen MR) is 108 cm³/mol. The van der Waals surface area contributed by atoms with Crippen molar-refractivity contribution in [2.24, 2.45) is 0 Å². The molecule has 0 spiro atoms. The third-order valence-electron chi connectivity index (χ3n) is 4.31. The summed E-state index contributed by atoms with van der Waals surface area (Å²) in [7, 11) is 0. The molecule has 0 amide bonds. The molecule has 1 aromatic heterocycles. The number of nitrogens with zero attached hydrogens (tertiary/aromatic N) is 2. The monoisotopic (exact) mass is 449 g/mol. The molecule has 0 saturated carbocycles. The van der Waals surface area contributed by atoms with Crippen LogP contribution in [-0.2, 0) is 6.42 Å². The lowest BCUT2D eigenvalue weighted by Gasteiger charge is -2.09. The number of fused-ring (bicyclic) bond motifs is 1. The van der Waals surface area contributed by atoms with Crippen molar-refractivity contribution < 1.29 is 0 Å². The topological polar surface area (TPSA) is 29.9 Å². The van der Waals surface area contributed by atoms with Gasteiger partial charge in [0.2, 0.25) is 0 Å². The number of nitrogens with one attached hydrogen (secondary N) is 1. The molecular weight excluding hydrogens is 433 g/mol. The van der Waals surface area contributed by atoms with Gasteiger partial charge in [-0.05, 0) is 66.1 Å². The Morgan fingerprint density at radius 3 is 2.79 bits per heavy atom. The first-order valence-electron chi connectivity index (χ1n) is 8.10. The summed E-state index contributed by atoms with van der Waals surface area (Å²) >= 11 is 8.58. The Morgan fingerprint density at radius 2 is 1.96 bits per heavy atom. The minimum absolute atomic E-state index is 0.723. The zero-order valence-corrected chi connectivity index (χ0v) is 16.0. The van der Waals surface area contributed by atoms with Crippen molar-refractivity contribution in [1.29, 1.82) is 0 Å². The van der Waals surface area contributed by atoms with Gasteiger partial charge in [-0.15, -0.1) is 0 Å². The van der Waals surface area contributed by atoms with Crippen molar-refractivity contribution in [3.05, 3.63) is 62.7 Å². The summed E-state index contributed by atoms with van der Waals surface area (Å²) in [5.41, 5.74) is 4.56. The minimum Gasteiger partial charge on any atom is -0.370 e. The SMILES string of the molecule is Clc1cccc(-n2nc(-c3ccccc3I)c3c2NCCCC3)c1. The number of rotatable bonds is 2. The summed E-state index contributed by atoms with van der Waals surface area (Å²) in [5, 5.41) is 9.27. The summed E-state index contributed by atoms with van der Waals surface area (Å²) < 4.78 is 3.23. The van der Waals surface area contributed by atoms with Crippen LogP contribution < -0.4 is 5.32 Å². The minimum atomic E-state index is 0.723. The van der Waals surface area contributed by atoms with E-state index < -0.39 is 0 Å². The molecule has 0 atom stereocenters. The van der Waals surface area contributed by atoms with Crippen LogP contribution in [0.15, 0.2) is 48.5 Å². The van der Waals surface area contributed by atoms with Crippen LogP contribution in [0.3, 0.4) is 0 Å². The molecule has 3 nitrogen and oxygen atoms in total. The Morgan fingerprint density at radius 1 is 1.08 bits per heavy atom. The molecule has 0 radical (unpaired) electrons. The zero-order valence-electron chi connectivity index (χ0n) is 13.1. The Kier molecular flexibility index (Phi) is 4.50. The van der Waals surface area contributed by atoms with E-state index in [1.165, 1.54) is 27.5 Å². The summed E-state index contributed by atoms with van der Waals surface area (Å²) in [6.07, 6.45) is 3.40. The Bertz CT molecular complexity index is 888. The fourth-order valence-electron chi connectivity index (χ4n) is 3.17. The van der Waals surface area contributed by atoms with Crippen molar-refractivity contribution in [2.75, 3.05) is 11.9 Å². The maximum absolute atomic E-state index is 6.20. The third kappa shape index (κ3) is 2.93. The second kappa shape index (κ2) is 6.76. The molecule has 0 bridgehead atoms. The van der Waals surface area contributed by atoms with Crippen LogP contribution >= 0.6 is 34.2 Å². The van der Waals surface area contributed by atoms with Crippen molar-refractivity contribution >= 4 is 40.0 Å². The lowest BCUT2D eigenvalue weighted by Crippen LogP contribution is -2.07. The lowest BCUT2D eigenvalue weighted by molar-refractivity contribution is 0.780. The van der Waals surface area contributed by atoms with Gasteiger partial charge in [-0.1, -0.05) is 35.9 Å². The van der Waals surface area contributed by atoms with E-state index in [1.807, 2.05) is 28.9 Å². The second-order valence-electron chi connectivity index (χ2n) is 5.93. The Hall–Kier alpha value is -1.53. The van der Waals surface area contributed by atoms with Crippen LogP contribution in [0.2, 0.25) is 5.02 Å². The van der Waals surface area contributed by atoms with Crippen LogP contribution in [0.5, 0.6) is 0 Å². The molecule has 1 N–H and O–H groups in total. The Balaban J connectivity index is 1.94. The highest BCUT2D eigenvalue weighted by molar-refractivity contribution is 14.1. The van der Waals surface area contributed by atoms with E-state index in [4.69, 9.17) is 16.7 Å². The first kappa shape index (κ1) is 16.0. The molecule has 5 heteroatoms. The van der Waals surface area contributed by atoms with Gasteiger partial charge >= 0.3 is 0 Å². The van der Waals surface area contributed by atoms with Gasteiger partial charge in [-0.3, -0.25) is 0 Å². The number of benzene rings is 2. The van der Waals surface area contributed by atoms with E-state index in [9.17, 15) is 0 Å². The van der Waals surface area contributed by atoms with Gasteiger partial charge in [0.25, 0.3) is 0 Å². The molecular formula is C19H17ClIN3. The first-order valence-corrected chi connectivity index (χ1v) is 9.56. The van der Waals surface area contributed by atoms with Gasteiger partial charge in [-0.25, -0.2) is 4.68 Å². The van der Waals surface area contributed by atoms with Crippen LogP contribution in [-0.4, -0.2) is 16.3 Å². The van der Waals surface area contributed by atoms with E-state index >= 15 is 0 Å². The standard InChI is InChI=1S/C19H17ClIN3/c20-13-6-5-7-14(12-13)24-19-16(9-3-4-11-22-19)18(23-24)15-8-1-2-10-17(15)21/h1-2,5-8,10,12,22H,3-4,9,11H2. The number of hydrogen-bond acceptors (Lipinski definition) is 2. The number of aromatic nitrogens is 2. The largest absolute Gasteiger partial charge is 0.370 e. The highest BCUT2D eigenvalue weighted by Gasteiger charge is 2.22. The molecule has 0 aliphatic carbocycles. The third-order valence-corrected chi connectivity index (χ3v) is 5.49. The Labute approximate surface area is 160 Å². The van der Waals surface area contributed by atoms with Crippen LogP contribution in [0.1, 0.15) is 18.4 Å². The highest BCUT2D eigenvalue weighted by Crippen LogP contribution is 2.36. The summed E-state index contributed by atoms with van der Waals surface area (Å²) in [4.78, 5) is 0. The molecule has 1 aliphatic rings. The maximum atomic E-state index is 6.20. The summed E-state index contributed by atoms with van der Waals surface area (Å²) in [6, 6.07) is 16.3. The van der Waals surface area contributed by atoms with Crippen molar-refractivity contribution in [2.45, 2.75) is 19.3 Å². The van der Waals surface area contributed by atoms with Crippen LogP contribution in [0.4, 0.5) is 5.82 Å². The smallest absolute Gasteiger partial charge is 0.133 e. The van der Waals surface area contributed by atoms with E-state index in [1.54, 1.807) is 0 Å². The summed E-state index contributed by atoms with van der Waals surface area (Å²) in [5.74, 6) is 1.10. The molecule has 2 aromatic carbocycles. The van der Waals surface area contributed by atoms with E-state index in [-0.39, 0.29) is 0 Å². The molecule has 0 unspecified atom stereocenters. The molecule has 1 aliphatic heterocycles. The molecule has 4 rings (SSSR count). The second-order valence-corrected chi connectivity index (χ2v) is 7.53. The molecule has 0 fully saturated rings. The van der Waals surface area contributed by atoms with Gasteiger partial charge in [0.05, 0.1) is 11.4 Å². The van der Waals surface area contributed by atoms with Gasteiger partial charge in [0.15, 0.2) is 0 Å². The molecule has 2 heterocycles. The quantitative estimate of drug-likeness (QED) is 0.520. The van der Waals surface area contributed by atoms with Crippen molar-refractivity contribution in [3.8, 4) is 16.9 Å². The van der Waals surface area contributed by atoms with E-state index in [0.717, 1.165) is 35.2 Å². The number of anilines is 1. The van der Waals surface area contributed by atoms with Gasteiger partial charge in [0, 0.05) is 26.3 Å². The van der Waals surface area contributed by atoms with Gasteiger partial charge in [-0.2, -0.15) is 5.10 Å². The van der Waals surface area contributed by atoms with E-state index in [2.05, 4.69) is 52.2 Å². The van der Waals surface area contributed by atoms with Crippen molar-refractivity contribution in [1.82, 2.24) is 9.78 Å². The number of halogens is 2. The fourth-order valence-corrected chi connectivity index (χ4v) is 3.99. The molecule has 122 valence electrons.